The predicted molar refractivity (Wildman–Crippen MR) is 89.5 cm³/mol. The molecule has 0 amide bonds. The summed E-state index contributed by atoms with van der Waals surface area (Å²) in [7, 11) is 0. The van der Waals surface area contributed by atoms with Crippen molar-refractivity contribution < 1.29 is 0 Å². The molecule has 2 aromatic heterocycles. The zero-order valence-corrected chi connectivity index (χ0v) is 13.5. The van der Waals surface area contributed by atoms with Crippen molar-refractivity contribution in [3.63, 3.8) is 0 Å². The zero-order valence-electron chi connectivity index (χ0n) is 11.9. The minimum Gasteiger partial charge on any atom is -0.325 e. The summed E-state index contributed by atoms with van der Waals surface area (Å²) in [5.74, 6) is 1.58. The smallest absolute Gasteiger partial charge is 0.223 e. The van der Waals surface area contributed by atoms with E-state index in [1.54, 1.807) is 23.1 Å². The highest BCUT2D eigenvalue weighted by atomic mass is 32.2. The minimum absolute atomic E-state index is 0.672. The molecule has 0 spiro atoms. The van der Waals surface area contributed by atoms with Gasteiger partial charge < -0.3 is 5.32 Å². The first-order valence-corrected chi connectivity index (χ1v) is 8.49. The van der Waals surface area contributed by atoms with E-state index in [0.29, 0.717) is 5.95 Å². The number of nitrogens with zero attached hydrogens (tertiary/aromatic N) is 2. The van der Waals surface area contributed by atoms with Gasteiger partial charge in [0.2, 0.25) is 11.1 Å². The lowest BCUT2D eigenvalue weighted by atomic mass is 10.2. The van der Waals surface area contributed by atoms with Crippen LogP contribution in [0, 0.1) is 13.8 Å². The normalized spacial score (nSPS) is 10.8. The molecule has 0 atom stereocenters. The van der Waals surface area contributed by atoms with Gasteiger partial charge >= 0.3 is 0 Å². The second-order valence-corrected chi connectivity index (χ2v) is 6.72. The van der Waals surface area contributed by atoms with Gasteiger partial charge in [-0.05, 0) is 48.6 Å². The van der Waals surface area contributed by atoms with Gasteiger partial charge in [0.1, 0.15) is 0 Å². The zero-order chi connectivity index (χ0) is 14.7. The summed E-state index contributed by atoms with van der Waals surface area (Å²) in [6.07, 6.45) is 0. The van der Waals surface area contributed by atoms with Crippen molar-refractivity contribution in [2.75, 3.05) is 5.32 Å². The van der Waals surface area contributed by atoms with Gasteiger partial charge in [-0.25, -0.2) is 5.10 Å². The van der Waals surface area contributed by atoms with E-state index >= 15 is 0 Å². The molecular formula is C15H16N4S2. The Kier molecular flexibility index (Phi) is 4.26. The maximum Gasteiger partial charge on any atom is 0.223 e. The minimum atomic E-state index is 0.672. The Morgan fingerprint density at radius 2 is 2.19 bits per heavy atom. The van der Waals surface area contributed by atoms with E-state index < -0.39 is 0 Å². The van der Waals surface area contributed by atoms with E-state index in [4.69, 9.17) is 0 Å². The molecule has 3 rings (SSSR count). The summed E-state index contributed by atoms with van der Waals surface area (Å²) >= 11 is 3.42. The third-order valence-electron chi connectivity index (χ3n) is 3.05. The Labute approximate surface area is 132 Å². The molecule has 0 unspecified atom stereocenters. The molecule has 0 fully saturated rings. The third-order valence-corrected chi connectivity index (χ3v) is 5.13. The van der Waals surface area contributed by atoms with Gasteiger partial charge in [-0.2, -0.15) is 4.98 Å². The highest BCUT2D eigenvalue weighted by molar-refractivity contribution is 7.98. The van der Waals surface area contributed by atoms with Gasteiger partial charge in [0.25, 0.3) is 0 Å². The lowest BCUT2D eigenvalue weighted by molar-refractivity contribution is 0.973. The van der Waals surface area contributed by atoms with Crippen LogP contribution in [0.4, 0.5) is 11.6 Å². The first kappa shape index (κ1) is 14.2. The molecule has 3 aromatic rings. The van der Waals surface area contributed by atoms with Crippen LogP contribution in [0.15, 0.2) is 40.9 Å². The SMILES string of the molecule is Cc1cccc(Nc2nc(SCc3sccc3C)n[nH]2)c1. The van der Waals surface area contributed by atoms with E-state index in [1.807, 2.05) is 12.1 Å². The Hall–Kier alpha value is -1.79. The number of aryl methyl sites for hydroxylation is 2. The van der Waals surface area contributed by atoms with Crippen molar-refractivity contribution in [2.24, 2.45) is 0 Å². The summed E-state index contributed by atoms with van der Waals surface area (Å²) in [4.78, 5) is 5.83. The van der Waals surface area contributed by atoms with Gasteiger partial charge in [0.15, 0.2) is 0 Å². The molecule has 0 saturated heterocycles. The standard InChI is InChI=1S/C15H16N4S2/c1-10-4-3-5-12(8-10)16-14-17-15(19-18-14)21-9-13-11(2)6-7-20-13/h3-8H,9H2,1-2H3,(H2,16,17,18,19). The van der Waals surface area contributed by atoms with Gasteiger partial charge in [-0.3, -0.25) is 0 Å². The molecule has 0 saturated carbocycles. The van der Waals surface area contributed by atoms with E-state index in [0.717, 1.165) is 16.6 Å². The van der Waals surface area contributed by atoms with Crippen LogP contribution < -0.4 is 5.32 Å². The Morgan fingerprint density at radius 1 is 1.29 bits per heavy atom. The Balaban J connectivity index is 1.62. The monoisotopic (exact) mass is 316 g/mol. The largest absolute Gasteiger partial charge is 0.325 e. The van der Waals surface area contributed by atoms with Crippen molar-refractivity contribution in [1.82, 2.24) is 15.2 Å². The fourth-order valence-corrected chi connectivity index (χ4v) is 3.80. The summed E-state index contributed by atoms with van der Waals surface area (Å²) < 4.78 is 0. The third kappa shape index (κ3) is 3.65. The summed E-state index contributed by atoms with van der Waals surface area (Å²) in [6, 6.07) is 10.3. The summed E-state index contributed by atoms with van der Waals surface area (Å²) in [5.41, 5.74) is 3.56. The lowest BCUT2D eigenvalue weighted by Gasteiger charge is -2.02. The molecule has 0 aliphatic carbocycles. The Bertz CT molecular complexity index is 733. The fraction of sp³-hybridized carbons (Fsp3) is 0.200. The molecule has 2 N–H and O–H groups in total. The molecule has 21 heavy (non-hydrogen) atoms. The van der Waals surface area contributed by atoms with Crippen LogP contribution in [0.5, 0.6) is 0 Å². The quantitative estimate of drug-likeness (QED) is 0.680. The van der Waals surface area contributed by atoms with Crippen LogP contribution in [0.1, 0.15) is 16.0 Å². The molecule has 2 heterocycles. The highest BCUT2D eigenvalue weighted by Crippen LogP contribution is 2.26. The van der Waals surface area contributed by atoms with Crippen molar-refractivity contribution in [3.05, 3.63) is 51.7 Å². The average molecular weight is 316 g/mol. The van der Waals surface area contributed by atoms with Gasteiger partial charge in [-0.1, -0.05) is 23.9 Å². The number of rotatable bonds is 5. The number of aromatic amines is 1. The van der Waals surface area contributed by atoms with Crippen LogP contribution in [-0.4, -0.2) is 15.2 Å². The highest BCUT2D eigenvalue weighted by Gasteiger charge is 2.06. The average Bonchev–Trinajstić information content (AvgIpc) is 3.06. The molecule has 6 heteroatoms. The number of anilines is 2. The van der Waals surface area contributed by atoms with Crippen molar-refractivity contribution >= 4 is 34.7 Å². The number of H-pyrrole nitrogens is 1. The van der Waals surface area contributed by atoms with Crippen LogP contribution in [0.3, 0.4) is 0 Å². The number of aromatic nitrogens is 3. The van der Waals surface area contributed by atoms with E-state index in [9.17, 15) is 0 Å². The number of benzene rings is 1. The second-order valence-electron chi connectivity index (χ2n) is 4.78. The lowest BCUT2D eigenvalue weighted by Crippen LogP contribution is -1.92. The first-order valence-electron chi connectivity index (χ1n) is 6.62. The number of nitrogens with one attached hydrogen (secondary N) is 2. The Morgan fingerprint density at radius 3 is 2.95 bits per heavy atom. The topological polar surface area (TPSA) is 53.6 Å². The van der Waals surface area contributed by atoms with Gasteiger partial charge in [-0.15, -0.1) is 16.4 Å². The first-order chi connectivity index (χ1) is 10.2. The predicted octanol–water partition coefficient (Wildman–Crippen LogP) is 4.52. The van der Waals surface area contributed by atoms with Crippen molar-refractivity contribution in [2.45, 2.75) is 24.8 Å². The van der Waals surface area contributed by atoms with Crippen molar-refractivity contribution in [3.8, 4) is 0 Å². The number of hydrogen-bond donors (Lipinski definition) is 2. The summed E-state index contributed by atoms with van der Waals surface area (Å²) in [6.45, 7) is 4.20. The molecule has 4 nitrogen and oxygen atoms in total. The summed E-state index contributed by atoms with van der Waals surface area (Å²) in [5, 5.41) is 13.3. The van der Waals surface area contributed by atoms with Crippen LogP contribution in [-0.2, 0) is 5.75 Å². The van der Waals surface area contributed by atoms with Gasteiger partial charge in [0.05, 0.1) is 0 Å². The van der Waals surface area contributed by atoms with E-state index in [2.05, 4.69) is 57.9 Å². The number of thiophene rings is 1. The van der Waals surface area contributed by atoms with E-state index in [1.165, 1.54) is 16.0 Å². The molecule has 108 valence electrons. The number of thioether (sulfide) groups is 1. The maximum absolute atomic E-state index is 4.45. The van der Waals surface area contributed by atoms with Crippen LogP contribution in [0.25, 0.3) is 0 Å². The fourth-order valence-electron chi connectivity index (χ4n) is 1.91. The maximum atomic E-state index is 4.45. The van der Waals surface area contributed by atoms with Crippen molar-refractivity contribution in [1.29, 1.82) is 0 Å². The molecule has 1 aromatic carbocycles. The van der Waals surface area contributed by atoms with Gasteiger partial charge in [0, 0.05) is 16.3 Å². The molecular weight excluding hydrogens is 300 g/mol. The van der Waals surface area contributed by atoms with Crippen LogP contribution >= 0.6 is 23.1 Å². The van der Waals surface area contributed by atoms with Crippen LogP contribution in [0.2, 0.25) is 0 Å². The molecule has 0 bridgehead atoms. The molecule has 0 aliphatic heterocycles. The van der Waals surface area contributed by atoms with E-state index in [-0.39, 0.29) is 0 Å². The number of hydrogen-bond acceptors (Lipinski definition) is 5. The molecule has 0 radical (unpaired) electrons. The second kappa shape index (κ2) is 6.32. The molecule has 0 aliphatic rings.